The number of hydrogen-bond acceptors (Lipinski definition) is 10. The van der Waals surface area contributed by atoms with Gasteiger partial charge in [0.15, 0.2) is 5.82 Å². The van der Waals surface area contributed by atoms with Crippen LogP contribution in [0.5, 0.6) is 0 Å². The number of halogens is 3. The molecule has 2 atom stereocenters. The number of alkyl halides is 1. The molecule has 0 spiro atoms. The molecule has 3 amide bonds. The van der Waals surface area contributed by atoms with Gasteiger partial charge in [-0.05, 0) is 72.5 Å². The number of imide groups is 1. The predicted molar refractivity (Wildman–Crippen MR) is 232 cm³/mol. The maximum Gasteiger partial charge on any atom is 0.301 e. The molecule has 4 fully saturated rings. The average Bonchev–Trinajstić information content (AvgIpc) is 4.00. The molecule has 1 unspecified atom stereocenters. The number of benzene rings is 3. The van der Waals surface area contributed by atoms with Gasteiger partial charge in [-0.25, -0.2) is 18.2 Å². The summed E-state index contributed by atoms with van der Waals surface area (Å²) in [6.45, 7) is 6.22. The average molecular weight is 896 g/mol. The maximum atomic E-state index is 15.7. The highest BCUT2D eigenvalue weighted by atomic mass is 32.2. The van der Waals surface area contributed by atoms with E-state index in [4.69, 9.17) is 0 Å². The van der Waals surface area contributed by atoms with Crippen LogP contribution in [-0.2, 0) is 26.3 Å². The molecule has 64 heavy (non-hydrogen) atoms. The summed E-state index contributed by atoms with van der Waals surface area (Å²) < 4.78 is 73.0. The number of nitrogens with one attached hydrogen (secondary N) is 3. The molecule has 19 heteroatoms. The minimum absolute atomic E-state index is 0.00239. The number of carbonyl (C=O) groups excluding carboxylic acids is 4. The molecule has 0 saturated carbocycles. The van der Waals surface area contributed by atoms with Crippen LogP contribution in [0.1, 0.15) is 51.1 Å². The molecule has 3 aromatic carbocycles. The van der Waals surface area contributed by atoms with Crippen molar-refractivity contribution in [3.05, 3.63) is 107 Å². The van der Waals surface area contributed by atoms with Crippen LogP contribution in [-0.4, -0.2) is 127 Å². The zero-order chi connectivity index (χ0) is 44.4. The second-order valence-electron chi connectivity index (χ2n) is 17.1. The highest BCUT2D eigenvalue weighted by Crippen LogP contribution is 2.34. The Labute approximate surface area is 366 Å². The lowest BCUT2D eigenvalue weighted by Gasteiger charge is -2.45. The number of rotatable bonds is 11. The lowest BCUT2D eigenvalue weighted by Crippen LogP contribution is -2.55. The number of fused-ring (bicyclic) bond motifs is 2. The Hall–Kier alpha value is -6.31. The highest BCUT2D eigenvalue weighted by Gasteiger charge is 2.40. The number of anilines is 3. The molecule has 10 rings (SSSR count). The summed E-state index contributed by atoms with van der Waals surface area (Å²) in [6, 6.07) is 16.6. The molecule has 0 radical (unpaired) electrons. The number of hydrogen-bond donors (Lipinski definition) is 3. The van der Waals surface area contributed by atoms with Crippen molar-refractivity contribution in [1.29, 1.82) is 0 Å². The third kappa shape index (κ3) is 7.74. The summed E-state index contributed by atoms with van der Waals surface area (Å²) in [7, 11) is -4.36. The van der Waals surface area contributed by atoms with Crippen LogP contribution in [0.25, 0.3) is 22.2 Å². The summed E-state index contributed by atoms with van der Waals surface area (Å²) in [6.07, 6.45) is 2.16. The molecule has 3 N–H and O–H groups in total. The van der Waals surface area contributed by atoms with Crippen molar-refractivity contribution in [2.45, 2.75) is 38.0 Å². The Kier molecular flexibility index (Phi) is 10.7. The number of aromatic nitrogens is 2. The van der Waals surface area contributed by atoms with E-state index in [9.17, 15) is 32.0 Å². The van der Waals surface area contributed by atoms with Crippen LogP contribution in [0.3, 0.4) is 0 Å². The summed E-state index contributed by atoms with van der Waals surface area (Å²) in [4.78, 5) is 67.0. The Morgan fingerprint density at radius 2 is 1.62 bits per heavy atom. The fourth-order valence-electron chi connectivity index (χ4n) is 9.50. The highest BCUT2D eigenvalue weighted by molar-refractivity contribution is 7.90. The normalized spacial score (nSPS) is 21.1. The molecule has 0 aliphatic carbocycles. The smallest absolute Gasteiger partial charge is 0.301 e. The van der Waals surface area contributed by atoms with Crippen LogP contribution in [0.15, 0.2) is 73.1 Å². The quantitative estimate of drug-likeness (QED) is 0.127. The van der Waals surface area contributed by atoms with Gasteiger partial charge in [0.2, 0.25) is 17.6 Å². The summed E-state index contributed by atoms with van der Waals surface area (Å²) in [5, 5.41) is 2.68. The zero-order valence-corrected chi connectivity index (χ0v) is 35.3. The van der Waals surface area contributed by atoms with Gasteiger partial charge in [-0.15, -0.1) is 0 Å². The van der Waals surface area contributed by atoms with E-state index in [0.29, 0.717) is 41.0 Å². The van der Waals surface area contributed by atoms with E-state index >= 15 is 8.78 Å². The Morgan fingerprint density at radius 3 is 2.36 bits per heavy atom. The van der Waals surface area contributed by atoms with Crippen molar-refractivity contribution >= 4 is 61.8 Å². The topological polar surface area (TPSA) is 171 Å². The minimum atomic E-state index is -4.36. The van der Waals surface area contributed by atoms with Gasteiger partial charge in [-0.1, -0.05) is 12.1 Å². The number of carbonyl (C=O) groups is 4. The largest absolute Gasteiger partial charge is 0.371 e. The van der Waals surface area contributed by atoms with E-state index in [0.717, 1.165) is 84.8 Å². The number of piperazine rings is 1. The fraction of sp³-hybridized carbons (Fsp3) is 0.356. The first-order chi connectivity index (χ1) is 30.8. The van der Waals surface area contributed by atoms with Gasteiger partial charge >= 0.3 is 10.2 Å². The van der Waals surface area contributed by atoms with Crippen LogP contribution in [0.4, 0.5) is 30.2 Å². The molecule has 4 saturated heterocycles. The third-order valence-electron chi connectivity index (χ3n) is 13.1. The summed E-state index contributed by atoms with van der Waals surface area (Å²) in [5.41, 5.74) is 3.84. The number of nitrogens with zero attached hydrogens (tertiary/aromatic N) is 6. The number of piperidine rings is 1. The van der Waals surface area contributed by atoms with Gasteiger partial charge in [0.05, 0.1) is 11.3 Å². The van der Waals surface area contributed by atoms with Crippen molar-refractivity contribution in [3.63, 3.8) is 0 Å². The van der Waals surface area contributed by atoms with Crippen LogP contribution in [0.2, 0.25) is 0 Å². The fourth-order valence-corrected chi connectivity index (χ4v) is 10.8. The van der Waals surface area contributed by atoms with Crippen LogP contribution < -0.4 is 19.8 Å². The molecule has 332 valence electrons. The molecular weight excluding hydrogens is 852 g/mol. The first-order valence-corrected chi connectivity index (χ1v) is 22.8. The Balaban J connectivity index is 0.736. The third-order valence-corrected chi connectivity index (χ3v) is 14.5. The Morgan fingerprint density at radius 1 is 0.859 bits per heavy atom. The standard InChI is InChI=1S/C45H44F3N9O6S/c46-30-11-12-56(25-30)64(62,63)52-37-8-7-36(47)40(41(37)48)42(59)35-20-50-43-34(35)18-28(19-49-43)27-1-3-31(4-2-27)55-22-26(23-55)21-53-13-15-54(16-14-53)32-5-6-33-29(17-32)24-57(45(33)61)38-9-10-39(58)51-44(38)60/h1-8,17-20,26,30,38,52H,9-16,21-25H2,(H,49,50)(H,51,58,60)/t30-,38?/m1/s1. The number of H-pyrrole nitrogens is 1. The Bertz CT molecular complexity index is 2830. The van der Waals surface area contributed by atoms with Gasteiger partial charge in [0.1, 0.15) is 23.7 Å². The predicted octanol–water partition coefficient (Wildman–Crippen LogP) is 4.46. The maximum absolute atomic E-state index is 15.7. The molecule has 2 aromatic heterocycles. The number of pyridine rings is 1. The number of amides is 3. The van der Waals surface area contributed by atoms with Gasteiger partial charge < -0.3 is 19.7 Å². The molecular formula is C45H44F3N9O6S. The van der Waals surface area contributed by atoms with Gasteiger partial charge in [-0.3, -0.25) is 34.1 Å². The molecule has 5 aromatic rings. The SMILES string of the molecule is O=C1CCC(N2Cc3cc(N4CCN(CC5CN(c6ccc(-c7cnc8[nH]cc(C(=O)c9c(F)ccc(NS(=O)(=O)N%10CC[C@@H](F)C%10)c9F)c8c7)cc6)C5)CC4)ccc3C2=O)C(=O)N1. The van der Waals surface area contributed by atoms with Crippen molar-refractivity contribution in [3.8, 4) is 11.1 Å². The van der Waals surface area contributed by atoms with E-state index in [1.165, 1.54) is 6.20 Å². The van der Waals surface area contributed by atoms with Crippen molar-refractivity contribution < 1.29 is 40.8 Å². The first-order valence-electron chi connectivity index (χ1n) is 21.3. The second-order valence-corrected chi connectivity index (χ2v) is 18.8. The second kappa shape index (κ2) is 16.4. The molecule has 5 aliphatic heterocycles. The molecule has 7 heterocycles. The van der Waals surface area contributed by atoms with E-state index in [2.05, 4.69) is 36.1 Å². The van der Waals surface area contributed by atoms with E-state index in [-0.39, 0.29) is 43.3 Å². The van der Waals surface area contributed by atoms with Crippen LogP contribution >= 0.6 is 0 Å². The zero-order valence-electron chi connectivity index (χ0n) is 34.5. The van der Waals surface area contributed by atoms with E-state index in [1.807, 2.05) is 41.1 Å². The first kappa shape index (κ1) is 41.7. The van der Waals surface area contributed by atoms with E-state index < -0.39 is 57.0 Å². The van der Waals surface area contributed by atoms with Crippen molar-refractivity contribution in [2.24, 2.45) is 5.92 Å². The molecule has 5 aliphatic rings. The molecule has 0 bridgehead atoms. The lowest BCUT2D eigenvalue weighted by atomic mass is 9.97. The number of aromatic amines is 1. The van der Waals surface area contributed by atoms with Crippen molar-refractivity contribution in [2.75, 3.05) is 73.4 Å². The van der Waals surface area contributed by atoms with Gasteiger partial charge in [-0.2, -0.15) is 12.7 Å². The van der Waals surface area contributed by atoms with Crippen LogP contribution in [0, 0.1) is 17.6 Å². The summed E-state index contributed by atoms with van der Waals surface area (Å²) in [5.74, 6) is -3.94. The van der Waals surface area contributed by atoms with Crippen molar-refractivity contribution in [1.82, 2.24) is 29.4 Å². The van der Waals surface area contributed by atoms with E-state index in [1.54, 1.807) is 17.2 Å². The van der Waals surface area contributed by atoms with Gasteiger partial charge in [0, 0.05) is 124 Å². The monoisotopic (exact) mass is 895 g/mol. The summed E-state index contributed by atoms with van der Waals surface area (Å²) >= 11 is 0. The lowest BCUT2D eigenvalue weighted by molar-refractivity contribution is -0.136. The van der Waals surface area contributed by atoms with Gasteiger partial charge in [0.25, 0.3) is 5.91 Å². The minimum Gasteiger partial charge on any atom is -0.371 e. The molecule has 15 nitrogen and oxygen atoms in total. The number of ketones is 1.